The Hall–Kier alpha value is -0.310. The van der Waals surface area contributed by atoms with Crippen LogP contribution in [0.25, 0.3) is 0 Å². The zero-order valence-corrected chi connectivity index (χ0v) is 9.55. The van der Waals surface area contributed by atoms with Crippen molar-refractivity contribution in [2.24, 2.45) is 0 Å². The lowest BCUT2D eigenvalue weighted by Crippen LogP contribution is -2.32. The van der Waals surface area contributed by atoms with Gasteiger partial charge in [-0.15, -0.1) is 0 Å². The third-order valence-corrected chi connectivity index (χ3v) is 1.64. The largest absolute Gasteiger partial charge is 0.366 e. The number of thiocarbonyl (C=S) groups is 1. The molecule has 0 aliphatic carbocycles. The summed E-state index contributed by atoms with van der Waals surface area (Å²) in [6.45, 7) is 7.18. The summed E-state index contributed by atoms with van der Waals surface area (Å²) in [5.74, 6) is 0. The smallest absolute Gasteiger partial charge is 0.166 e. The first kappa shape index (κ1) is 14.2. The molecule has 0 aromatic heterocycles. The summed E-state index contributed by atoms with van der Waals surface area (Å²) in [7, 11) is 1.83. The fourth-order valence-corrected chi connectivity index (χ4v) is 0.767. The zero-order valence-electron chi connectivity index (χ0n) is 8.74. The van der Waals surface area contributed by atoms with E-state index in [2.05, 4.69) is 17.6 Å². The molecule has 2 N–H and O–H groups in total. The van der Waals surface area contributed by atoms with Gasteiger partial charge in [-0.05, 0) is 18.6 Å². The van der Waals surface area contributed by atoms with Gasteiger partial charge in [0.15, 0.2) is 5.11 Å². The minimum Gasteiger partial charge on any atom is -0.366 e. The fourth-order valence-electron chi connectivity index (χ4n) is 0.665. The number of nitrogens with one attached hydrogen (secondary N) is 2. The molecule has 0 unspecified atom stereocenters. The molecule has 74 valence electrons. The average Bonchev–Trinajstić information content (AvgIpc) is 2.15. The lowest BCUT2D eigenvalue weighted by atomic mass is 10.2. The SMILES string of the molecule is CC.CCCCCNC(=S)NC. The molecule has 0 fully saturated rings. The van der Waals surface area contributed by atoms with E-state index >= 15 is 0 Å². The van der Waals surface area contributed by atoms with Crippen molar-refractivity contribution in [2.45, 2.75) is 40.0 Å². The van der Waals surface area contributed by atoms with Gasteiger partial charge in [0.1, 0.15) is 0 Å². The highest BCUT2D eigenvalue weighted by Crippen LogP contribution is 1.90. The van der Waals surface area contributed by atoms with E-state index in [0.717, 1.165) is 11.7 Å². The molecule has 0 heterocycles. The molecular formula is C9H22N2S. The van der Waals surface area contributed by atoms with E-state index in [-0.39, 0.29) is 0 Å². The van der Waals surface area contributed by atoms with Crippen LogP contribution in [0.1, 0.15) is 40.0 Å². The monoisotopic (exact) mass is 190 g/mol. The second-order valence-corrected chi connectivity index (χ2v) is 2.62. The van der Waals surface area contributed by atoms with Crippen molar-refractivity contribution in [3.63, 3.8) is 0 Å². The van der Waals surface area contributed by atoms with Gasteiger partial charge in [0.25, 0.3) is 0 Å². The Morgan fingerprint density at radius 2 is 1.83 bits per heavy atom. The van der Waals surface area contributed by atoms with Crippen LogP contribution in [-0.2, 0) is 0 Å². The first-order valence-electron chi connectivity index (χ1n) is 4.76. The maximum absolute atomic E-state index is 4.88. The molecule has 3 heteroatoms. The number of hydrogen-bond acceptors (Lipinski definition) is 1. The van der Waals surface area contributed by atoms with Crippen molar-refractivity contribution in [3.8, 4) is 0 Å². The van der Waals surface area contributed by atoms with E-state index < -0.39 is 0 Å². The van der Waals surface area contributed by atoms with E-state index in [1.54, 1.807) is 0 Å². The molecule has 2 nitrogen and oxygen atoms in total. The molecule has 0 aromatic rings. The molecular weight excluding hydrogens is 168 g/mol. The molecule has 0 bridgehead atoms. The standard InChI is InChI=1S/C7H16N2S.C2H6/c1-3-4-5-6-9-7(10)8-2;1-2/h3-6H2,1-2H3,(H2,8,9,10);1-2H3. The lowest BCUT2D eigenvalue weighted by molar-refractivity contribution is 0.693. The number of hydrogen-bond donors (Lipinski definition) is 2. The van der Waals surface area contributed by atoms with E-state index in [9.17, 15) is 0 Å². The third kappa shape index (κ3) is 12.4. The van der Waals surface area contributed by atoms with Crippen LogP contribution < -0.4 is 10.6 Å². The Bertz CT molecular complexity index is 94.5. The number of unbranched alkanes of at least 4 members (excludes halogenated alkanes) is 2. The van der Waals surface area contributed by atoms with Crippen LogP contribution in [0.2, 0.25) is 0 Å². The first-order chi connectivity index (χ1) is 5.81. The van der Waals surface area contributed by atoms with Gasteiger partial charge in [0, 0.05) is 13.6 Å². The summed E-state index contributed by atoms with van der Waals surface area (Å²) >= 11 is 4.88. The van der Waals surface area contributed by atoms with Crippen LogP contribution in [0.3, 0.4) is 0 Å². The third-order valence-electron chi connectivity index (χ3n) is 1.29. The summed E-state index contributed by atoms with van der Waals surface area (Å²) in [6.07, 6.45) is 3.74. The predicted molar refractivity (Wildman–Crippen MR) is 60.5 cm³/mol. The van der Waals surface area contributed by atoms with Crippen molar-refractivity contribution in [1.82, 2.24) is 10.6 Å². The van der Waals surface area contributed by atoms with Gasteiger partial charge < -0.3 is 10.6 Å². The Kier molecular flexibility index (Phi) is 15.8. The maximum atomic E-state index is 4.88. The van der Waals surface area contributed by atoms with Crippen molar-refractivity contribution in [3.05, 3.63) is 0 Å². The molecule has 0 saturated heterocycles. The van der Waals surface area contributed by atoms with Crippen LogP contribution in [-0.4, -0.2) is 18.7 Å². The minimum absolute atomic E-state index is 0.746. The Morgan fingerprint density at radius 1 is 1.25 bits per heavy atom. The van der Waals surface area contributed by atoms with Crippen molar-refractivity contribution in [1.29, 1.82) is 0 Å². The highest BCUT2D eigenvalue weighted by atomic mass is 32.1. The number of rotatable bonds is 4. The van der Waals surface area contributed by atoms with Crippen LogP contribution >= 0.6 is 12.2 Å². The molecule has 0 atom stereocenters. The second-order valence-electron chi connectivity index (χ2n) is 2.21. The van der Waals surface area contributed by atoms with Crippen LogP contribution in [0.5, 0.6) is 0 Å². The van der Waals surface area contributed by atoms with E-state index in [4.69, 9.17) is 12.2 Å². The minimum atomic E-state index is 0.746. The fraction of sp³-hybridized carbons (Fsp3) is 0.889. The van der Waals surface area contributed by atoms with E-state index in [0.29, 0.717) is 0 Å². The van der Waals surface area contributed by atoms with Crippen LogP contribution in [0.4, 0.5) is 0 Å². The molecule has 0 aliphatic rings. The molecule has 0 amide bonds. The summed E-state index contributed by atoms with van der Waals surface area (Å²) in [5.41, 5.74) is 0. The van der Waals surface area contributed by atoms with Gasteiger partial charge in [-0.2, -0.15) is 0 Å². The Labute approximate surface area is 82.1 Å². The van der Waals surface area contributed by atoms with Crippen LogP contribution in [0.15, 0.2) is 0 Å². The highest BCUT2D eigenvalue weighted by Gasteiger charge is 1.88. The predicted octanol–water partition coefficient (Wildman–Crippen LogP) is 2.30. The summed E-state index contributed by atoms with van der Waals surface area (Å²) < 4.78 is 0. The molecule has 0 rings (SSSR count). The molecule has 12 heavy (non-hydrogen) atoms. The lowest BCUT2D eigenvalue weighted by Gasteiger charge is -2.04. The quantitative estimate of drug-likeness (QED) is 0.525. The second kappa shape index (κ2) is 13.3. The highest BCUT2D eigenvalue weighted by molar-refractivity contribution is 7.80. The first-order valence-corrected chi connectivity index (χ1v) is 5.17. The van der Waals surface area contributed by atoms with Crippen molar-refractivity contribution >= 4 is 17.3 Å². The van der Waals surface area contributed by atoms with E-state index in [1.165, 1.54) is 19.3 Å². The topological polar surface area (TPSA) is 24.1 Å². The Balaban J connectivity index is 0. The molecule has 0 radical (unpaired) electrons. The van der Waals surface area contributed by atoms with Gasteiger partial charge in [-0.1, -0.05) is 33.6 Å². The summed E-state index contributed by atoms with van der Waals surface area (Å²) in [5, 5.41) is 6.70. The van der Waals surface area contributed by atoms with Crippen molar-refractivity contribution < 1.29 is 0 Å². The van der Waals surface area contributed by atoms with Gasteiger partial charge in [-0.3, -0.25) is 0 Å². The zero-order chi connectivity index (χ0) is 9.82. The Morgan fingerprint density at radius 3 is 2.25 bits per heavy atom. The summed E-state index contributed by atoms with van der Waals surface area (Å²) in [6, 6.07) is 0. The van der Waals surface area contributed by atoms with Gasteiger partial charge in [0.2, 0.25) is 0 Å². The molecule has 0 spiro atoms. The molecule has 0 aromatic carbocycles. The molecule has 0 aliphatic heterocycles. The van der Waals surface area contributed by atoms with Gasteiger partial charge in [0.05, 0.1) is 0 Å². The van der Waals surface area contributed by atoms with Gasteiger partial charge in [-0.25, -0.2) is 0 Å². The van der Waals surface area contributed by atoms with Crippen molar-refractivity contribution in [2.75, 3.05) is 13.6 Å². The van der Waals surface area contributed by atoms with E-state index in [1.807, 2.05) is 20.9 Å². The summed E-state index contributed by atoms with van der Waals surface area (Å²) in [4.78, 5) is 0. The van der Waals surface area contributed by atoms with Gasteiger partial charge >= 0.3 is 0 Å². The van der Waals surface area contributed by atoms with Crippen LogP contribution in [0, 0.1) is 0 Å². The molecule has 0 saturated carbocycles. The normalized spacial score (nSPS) is 8.00. The maximum Gasteiger partial charge on any atom is 0.166 e. The average molecular weight is 190 g/mol.